The van der Waals surface area contributed by atoms with Crippen molar-refractivity contribution in [2.24, 2.45) is 0 Å². The van der Waals surface area contributed by atoms with Gasteiger partial charge in [0.2, 0.25) is 0 Å². The largest absolute Gasteiger partial charge is 0.504 e. The second-order valence-electron chi connectivity index (χ2n) is 4.01. The molecule has 0 aromatic heterocycles. The predicted molar refractivity (Wildman–Crippen MR) is 72.1 cm³/mol. The van der Waals surface area contributed by atoms with Crippen LogP contribution in [0.5, 0.6) is 11.5 Å². The smallest absolute Gasteiger partial charge is 0.335 e. The van der Waals surface area contributed by atoms with Crippen LogP contribution in [0.4, 0.5) is 0 Å². The summed E-state index contributed by atoms with van der Waals surface area (Å²) in [6, 6.07) is 10.9. The summed E-state index contributed by atoms with van der Waals surface area (Å²) < 4.78 is 0. The lowest BCUT2D eigenvalue weighted by molar-refractivity contribution is 0.0697. The first-order chi connectivity index (χ1) is 9.06. The molecule has 0 saturated carbocycles. The van der Waals surface area contributed by atoms with Gasteiger partial charge in [0.05, 0.1) is 5.56 Å². The van der Waals surface area contributed by atoms with Crippen LogP contribution in [0.25, 0.3) is 12.2 Å². The van der Waals surface area contributed by atoms with Gasteiger partial charge in [-0.1, -0.05) is 30.4 Å². The molecule has 0 fully saturated rings. The molecule has 0 aliphatic rings. The number of phenolic OH excluding ortho intramolecular Hbond substituents is 2. The van der Waals surface area contributed by atoms with Gasteiger partial charge in [-0.05, 0) is 35.4 Å². The van der Waals surface area contributed by atoms with Crippen LogP contribution in [0.3, 0.4) is 0 Å². The van der Waals surface area contributed by atoms with E-state index in [1.165, 1.54) is 24.3 Å². The quantitative estimate of drug-likeness (QED) is 0.582. The number of aromatic hydroxyl groups is 2. The lowest BCUT2D eigenvalue weighted by Crippen LogP contribution is -1.94. The zero-order valence-corrected chi connectivity index (χ0v) is 9.95. The number of carbonyl (C=O) groups is 1. The van der Waals surface area contributed by atoms with E-state index in [9.17, 15) is 15.0 Å². The van der Waals surface area contributed by atoms with Gasteiger partial charge in [-0.15, -0.1) is 0 Å². The van der Waals surface area contributed by atoms with E-state index in [4.69, 9.17) is 5.11 Å². The third-order valence-corrected chi connectivity index (χ3v) is 2.63. The highest BCUT2D eigenvalue weighted by molar-refractivity contribution is 5.88. The lowest BCUT2D eigenvalue weighted by atomic mass is 10.1. The Morgan fingerprint density at radius 3 is 2.00 bits per heavy atom. The Balaban J connectivity index is 2.17. The molecule has 96 valence electrons. The van der Waals surface area contributed by atoms with E-state index in [0.29, 0.717) is 0 Å². The normalized spacial score (nSPS) is 10.7. The Hall–Kier alpha value is -2.75. The first kappa shape index (κ1) is 12.7. The van der Waals surface area contributed by atoms with Gasteiger partial charge >= 0.3 is 5.97 Å². The van der Waals surface area contributed by atoms with Gasteiger partial charge in [0.25, 0.3) is 0 Å². The summed E-state index contributed by atoms with van der Waals surface area (Å²) in [4.78, 5) is 10.7. The number of carboxylic acids is 1. The number of phenols is 2. The average molecular weight is 256 g/mol. The zero-order valence-electron chi connectivity index (χ0n) is 9.95. The molecule has 0 unspecified atom stereocenters. The minimum atomic E-state index is -0.959. The number of carboxylic acid groups (broad SMARTS) is 1. The molecule has 2 rings (SSSR count). The van der Waals surface area contributed by atoms with Crippen LogP contribution >= 0.6 is 0 Å². The first-order valence-corrected chi connectivity index (χ1v) is 5.60. The maximum Gasteiger partial charge on any atom is 0.335 e. The van der Waals surface area contributed by atoms with Crippen LogP contribution in [-0.2, 0) is 0 Å². The standard InChI is InChI=1S/C15H12O4/c16-13-8-5-11(9-14(13)17)2-1-10-3-6-12(7-4-10)15(18)19/h1-9,16-17H,(H,18,19). The minimum Gasteiger partial charge on any atom is -0.504 e. The molecule has 0 aliphatic carbocycles. The van der Waals surface area contributed by atoms with Gasteiger partial charge in [-0.25, -0.2) is 4.79 Å². The van der Waals surface area contributed by atoms with Crippen molar-refractivity contribution in [3.05, 3.63) is 59.2 Å². The van der Waals surface area contributed by atoms with Crippen molar-refractivity contribution < 1.29 is 20.1 Å². The highest BCUT2D eigenvalue weighted by Crippen LogP contribution is 2.25. The fourth-order valence-electron chi connectivity index (χ4n) is 1.57. The highest BCUT2D eigenvalue weighted by atomic mass is 16.4. The van der Waals surface area contributed by atoms with E-state index in [1.807, 2.05) is 0 Å². The number of rotatable bonds is 3. The fourth-order valence-corrected chi connectivity index (χ4v) is 1.57. The molecule has 0 spiro atoms. The van der Waals surface area contributed by atoms with Gasteiger partial charge in [0.1, 0.15) is 0 Å². The molecular weight excluding hydrogens is 244 g/mol. The topological polar surface area (TPSA) is 77.8 Å². The summed E-state index contributed by atoms with van der Waals surface area (Å²) in [5.74, 6) is -1.30. The van der Waals surface area contributed by atoms with E-state index >= 15 is 0 Å². The van der Waals surface area contributed by atoms with Crippen LogP contribution in [0.2, 0.25) is 0 Å². The first-order valence-electron chi connectivity index (χ1n) is 5.60. The Kier molecular flexibility index (Phi) is 3.52. The molecule has 3 N–H and O–H groups in total. The zero-order chi connectivity index (χ0) is 13.8. The van der Waals surface area contributed by atoms with Crippen molar-refractivity contribution in [2.45, 2.75) is 0 Å². The van der Waals surface area contributed by atoms with Crippen molar-refractivity contribution in [3.8, 4) is 11.5 Å². The van der Waals surface area contributed by atoms with Crippen molar-refractivity contribution in [3.63, 3.8) is 0 Å². The molecule has 19 heavy (non-hydrogen) atoms. The van der Waals surface area contributed by atoms with E-state index in [1.54, 1.807) is 30.4 Å². The molecule has 4 nitrogen and oxygen atoms in total. The third kappa shape index (κ3) is 3.13. The maximum absolute atomic E-state index is 10.7. The van der Waals surface area contributed by atoms with Crippen molar-refractivity contribution in [1.82, 2.24) is 0 Å². The Morgan fingerprint density at radius 2 is 1.42 bits per heavy atom. The lowest BCUT2D eigenvalue weighted by Gasteiger charge is -1.99. The monoisotopic (exact) mass is 256 g/mol. The molecule has 0 amide bonds. The van der Waals surface area contributed by atoms with Crippen LogP contribution in [0.15, 0.2) is 42.5 Å². The summed E-state index contributed by atoms with van der Waals surface area (Å²) >= 11 is 0. The molecule has 0 saturated heterocycles. The SMILES string of the molecule is O=C(O)c1ccc(C=Cc2ccc(O)c(O)c2)cc1. The molecule has 0 radical (unpaired) electrons. The second-order valence-corrected chi connectivity index (χ2v) is 4.01. The molecule has 2 aromatic carbocycles. The number of hydrogen-bond donors (Lipinski definition) is 3. The fraction of sp³-hybridized carbons (Fsp3) is 0. The van der Waals surface area contributed by atoms with Crippen LogP contribution in [-0.4, -0.2) is 21.3 Å². The van der Waals surface area contributed by atoms with Gasteiger partial charge < -0.3 is 15.3 Å². The maximum atomic E-state index is 10.7. The van der Waals surface area contributed by atoms with Gasteiger partial charge in [-0.2, -0.15) is 0 Å². The minimum absolute atomic E-state index is 0.164. The van der Waals surface area contributed by atoms with Gasteiger partial charge in [0, 0.05) is 0 Å². The van der Waals surface area contributed by atoms with E-state index in [0.717, 1.165) is 11.1 Å². The average Bonchev–Trinajstić information content (AvgIpc) is 2.40. The summed E-state index contributed by atoms with van der Waals surface area (Å²) in [6.45, 7) is 0. The number of hydrogen-bond acceptors (Lipinski definition) is 3. The van der Waals surface area contributed by atoms with Gasteiger partial charge in [-0.3, -0.25) is 0 Å². The summed E-state index contributed by atoms with van der Waals surface area (Å²) in [6.07, 6.45) is 3.55. The third-order valence-electron chi connectivity index (χ3n) is 2.63. The predicted octanol–water partition coefficient (Wildman–Crippen LogP) is 2.97. The van der Waals surface area contributed by atoms with Gasteiger partial charge in [0.15, 0.2) is 11.5 Å². The van der Waals surface area contributed by atoms with E-state index in [2.05, 4.69) is 0 Å². The molecule has 0 aliphatic heterocycles. The molecule has 0 heterocycles. The highest BCUT2D eigenvalue weighted by Gasteiger charge is 2.00. The van der Waals surface area contributed by atoms with E-state index in [-0.39, 0.29) is 17.1 Å². The van der Waals surface area contributed by atoms with Crippen molar-refractivity contribution >= 4 is 18.1 Å². The molecule has 2 aromatic rings. The molecule has 4 heteroatoms. The Labute approximate surface area is 109 Å². The summed E-state index contributed by atoms with van der Waals surface area (Å²) in [5, 5.41) is 27.3. The molecule has 0 atom stereocenters. The summed E-state index contributed by atoms with van der Waals surface area (Å²) in [7, 11) is 0. The van der Waals surface area contributed by atoms with Crippen molar-refractivity contribution in [1.29, 1.82) is 0 Å². The van der Waals surface area contributed by atoms with Crippen molar-refractivity contribution in [2.75, 3.05) is 0 Å². The Bertz CT molecular complexity index is 627. The molecular formula is C15H12O4. The Morgan fingerprint density at radius 1 is 0.842 bits per heavy atom. The van der Waals surface area contributed by atoms with Crippen LogP contribution in [0, 0.1) is 0 Å². The number of benzene rings is 2. The number of aromatic carboxylic acids is 1. The summed E-state index contributed by atoms with van der Waals surface area (Å²) in [5.41, 5.74) is 1.81. The molecule has 0 bridgehead atoms. The second kappa shape index (κ2) is 5.27. The van der Waals surface area contributed by atoms with Crippen LogP contribution < -0.4 is 0 Å². The van der Waals surface area contributed by atoms with E-state index < -0.39 is 5.97 Å². The van der Waals surface area contributed by atoms with Crippen LogP contribution in [0.1, 0.15) is 21.5 Å².